The monoisotopic (exact) mass is 213 g/mol. The molecule has 0 aliphatic rings. The number of nitrogens with two attached hydrogens (primary N) is 1. The maximum Gasteiger partial charge on any atom is 0.189 e. The van der Waals surface area contributed by atoms with E-state index in [0.29, 0.717) is 19.6 Å². The molecule has 0 saturated heterocycles. The highest BCUT2D eigenvalue weighted by molar-refractivity contribution is 5.35. The minimum absolute atomic E-state index is 0.0645. The van der Waals surface area contributed by atoms with Gasteiger partial charge in [0.15, 0.2) is 18.4 Å². The summed E-state index contributed by atoms with van der Waals surface area (Å²) in [6.07, 6.45) is 0.596. The van der Waals surface area contributed by atoms with Gasteiger partial charge < -0.3 is 15.2 Å². The van der Waals surface area contributed by atoms with E-state index >= 15 is 0 Å². The first kappa shape index (κ1) is 11.9. The lowest BCUT2D eigenvalue weighted by atomic mass is 10.1. The Morgan fingerprint density at radius 1 is 1.40 bits per heavy atom. The molecule has 0 aliphatic carbocycles. The molecule has 0 unspecified atom stereocenters. The number of halogens is 1. The Labute approximate surface area is 89.0 Å². The molecule has 1 aromatic carbocycles. The first-order valence-corrected chi connectivity index (χ1v) is 4.97. The fourth-order valence-corrected chi connectivity index (χ4v) is 1.25. The molecule has 0 aromatic heterocycles. The lowest BCUT2D eigenvalue weighted by Gasteiger charge is -2.11. The van der Waals surface area contributed by atoms with E-state index in [1.807, 2.05) is 6.92 Å². The van der Waals surface area contributed by atoms with Gasteiger partial charge in [-0.05, 0) is 31.5 Å². The number of ether oxygens (including phenoxy) is 2. The number of benzene rings is 1. The maximum atomic E-state index is 13.4. The summed E-state index contributed by atoms with van der Waals surface area (Å²) in [4.78, 5) is 0. The number of hydrogen-bond acceptors (Lipinski definition) is 3. The summed E-state index contributed by atoms with van der Waals surface area (Å²) >= 11 is 0. The molecule has 0 atom stereocenters. The first-order chi connectivity index (χ1) is 7.29. The van der Waals surface area contributed by atoms with E-state index < -0.39 is 0 Å². The smallest absolute Gasteiger partial charge is 0.189 e. The second kappa shape index (κ2) is 6.37. The quantitative estimate of drug-likeness (QED) is 0.578. The molecule has 84 valence electrons. The van der Waals surface area contributed by atoms with Crippen LogP contribution in [0.1, 0.15) is 12.5 Å². The van der Waals surface area contributed by atoms with Crippen molar-refractivity contribution in [1.82, 2.24) is 0 Å². The second-order valence-electron chi connectivity index (χ2n) is 3.02. The van der Waals surface area contributed by atoms with E-state index in [9.17, 15) is 4.39 Å². The highest BCUT2D eigenvalue weighted by atomic mass is 19.1. The van der Waals surface area contributed by atoms with Crippen LogP contribution in [0.2, 0.25) is 0 Å². The van der Waals surface area contributed by atoms with Crippen molar-refractivity contribution in [2.45, 2.75) is 13.3 Å². The van der Waals surface area contributed by atoms with Gasteiger partial charge in [-0.3, -0.25) is 0 Å². The van der Waals surface area contributed by atoms with E-state index in [1.165, 1.54) is 6.07 Å². The molecule has 1 aromatic rings. The molecule has 15 heavy (non-hydrogen) atoms. The Kier molecular flexibility index (Phi) is 5.07. The van der Waals surface area contributed by atoms with Crippen LogP contribution < -0.4 is 10.5 Å². The number of rotatable bonds is 6. The van der Waals surface area contributed by atoms with Crippen LogP contribution in [0.3, 0.4) is 0 Å². The second-order valence-corrected chi connectivity index (χ2v) is 3.02. The number of hydrogen-bond donors (Lipinski definition) is 1. The van der Waals surface area contributed by atoms with Crippen molar-refractivity contribution in [2.75, 3.05) is 19.9 Å². The van der Waals surface area contributed by atoms with Gasteiger partial charge >= 0.3 is 0 Å². The lowest BCUT2D eigenvalue weighted by Crippen LogP contribution is -2.09. The lowest BCUT2D eigenvalue weighted by molar-refractivity contribution is 0.0195. The van der Waals surface area contributed by atoms with Gasteiger partial charge in [0.2, 0.25) is 0 Å². The maximum absolute atomic E-state index is 13.4. The zero-order valence-electron chi connectivity index (χ0n) is 8.83. The van der Waals surface area contributed by atoms with E-state index in [-0.39, 0.29) is 18.4 Å². The third-order valence-corrected chi connectivity index (χ3v) is 1.95. The third kappa shape index (κ3) is 3.49. The van der Waals surface area contributed by atoms with Gasteiger partial charge in [0, 0.05) is 6.61 Å². The molecule has 0 heterocycles. The average molecular weight is 213 g/mol. The van der Waals surface area contributed by atoms with E-state index in [1.54, 1.807) is 12.1 Å². The summed E-state index contributed by atoms with van der Waals surface area (Å²) in [5.74, 6) is -0.128. The van der Waals surface area contributed by atoms with Crippen LogP contribution in [-0.4, -0.2) is 19.9 Å². The first-order valence-electron chi connectivity index (χ1n) is 4.97. The van der Waals surface area contributed by atoms with Crippen LogP contribution in [0.25, 0.3) is 0 Å². The van der Waals surface area contributed by atoms with Gasteiger partial charge in [-0.15, -0.1) is 0 Å². The molecule has 0 radical (unpaired) electrons. The van der Waals surface area contributed by atoms with E-state index in [2.05, 4.69) is 0 Å². The molecule has 0 fully saturated rings. The molecular weight excluding hydrogens is 197 g/mol. The van der Waals surface area contributed by atoms with Crippen LogP contribution in [-0.2, 0) is 11.2 Å². The van der Waals surface area contributed by atoms with Crippen molar-refractivity contribution in [3.05, 3.63) is 29.6 Å². The summed E-state index contributed by atoms with van der Waals surface area (Å²) < 4.78 is 23.6. The minimum Gasteiger partial charge on any atom is -0.464 e. The van der Waals surface area contributed by atoms with Gasteiger partial charge in [-0.25, -0.2) is 4.39 Å². The van der Waals surface area contributed by atoms with E-state index in [0.717, 1.165) is 5.56 Å². The molecule has 1 rings (SSSR count). The summed E-state index contributed by atoms with van der Waals surface area (Å²) in [6.45, 7) is 2.93. The van der Waals surface area contributed by atoms with Crippen LogP contribution in [0.4, 0.5) is 4.39 Å². The summed E-state index contributed by atoms with van der Waals surface area (Å²) in [5.41, 5.74) is 6.20. The summed E-state index contributed by atoms with van der Waals surface area (Å²) in [7, 11) is 0. The highest BCUT2D eigenvalue weighted by Crippen LogP contribution is 2.22. The van der Waals surface area contributed by atoms with Gasteiger partial charge in [0.1, 0.15) is 0 Å². The molecule has 2 N–H and O–H groups in total. The van der Waals surface area contributed by atoms with Crippen molar-refractivity contribution in [3.8, 4) is 5.75 Å². The topological polar surface area (TPSA) is 44.5 Å². The Hall–Kier alpha value is -1.13. The largest absolute Gasteiger partial charge is 0.464 e. The van der Waals surface area contributed by atoms with Gasteiger partial charge in [0.05, 0.1) is 0 Å². The zero-order valence-corrected chi connectivity index (χ0v) is 8.83. The van der Waals surface area contributed by atoms with Crippen molar-refractivity contribution in [1.29, 1.82) is 0 Å². The molecule has 0 aliphatic heterocycles. The third-order valence-electron chi connectivity index (χ3n) is 1.95. The molecule has 3 nitrogen and oxygen atoms in total. The summed E-state index contributed by atoms with van der Waals surface area (Å²) in [5, 5.41) is 0. The fraction of sp³-hybridized carbons (Fsp3) is 0.455. The Morgan fingerprint density at radius 3 is 2.87 bits per heavy atom. The Bertz CT molecular complexity index is 305. The molecular formula is C11H16FNO2. The predicted molar refractivity (Wildman–Crippen MR) is 56.3 cm³/mol. The van der Waals surface area contributed by atoms with Crippen molar-refractivity contribution >= 4 is 0 Å². The molecule has 4 heteroatoms. The van der Waals surface area contributed by atoms with E-state index in [4.69, 9.17) is 15.2 Å². The van der Waals surface area contributed by atoms with Crippen LogP contribution in [0.5, 0.6) is 5.75 Å². The van der Waals surface area contributed by atoms with Gasteiger partial charge in [-0.1, -0.05) is 12.1 Å². The Morgan fingerprint density at radius 2 is 2.20 bits per heavy atom. The van der Waals surface area contributed by atoms with Crippen LogP contribution in [0.15, 0.2) is 18.2 Å². The van der Waals surface area contributed by atoms with Crippen LogP contribution >= 0.6 is 0 Å². The summed E-state index contributed by atoms with van der Waals surface area (Å²) in [6, 6.07) is 4.81. The standard InChI is InChI=1S/C11H16FNO2/c1-2-14-8-15-11-9(6-7-13)4-3-5-10(11)12/h3-5H,2,6-8,13H2,1H3. The highest BCUT2D eigenvalue weighted by Gasteiger charge is 2.08. The predicted octanol–water partition coefficient (Wildman–Crippen LogP) is 1.70. The van der Waals surface area contributed by atoms with Gasteiger partial charge in [0.25, 0.3) is 0 Å². The zero-order chi connectivity index (χ0) is 11.1. The Balaban J connectivity index is 2.72. The van der Waals surface area contributed by atoms with Gasteiger partial charge in [-0.2, -0.15) is 0 Å². The average Bonchev–Trinajstić information content (AvgIpc) is 2.23. The minimum atomic E-state index is -0.374. The molecule has 0 bridgehead atoms. The van der Waals surface area contributed by atoms with Crippen molar-refractivity contribution < 1.29 is 13.9 Å². The SMILES string of the molecule is CCOCOc1c(F)cccc1CCN. The normalized spacial score (nSPS) is 10.3. The van der Waals surface area contributed by atoms with Crippen molar-refractivity contribution in [3.63, 3.8) is 0 Å². The van der Waals surface area contributed by atoms with Crippen molar-refractivity contribution in [2.24, 2.45) is 5.73 Å². The number of para-hydroxylation sites is 1. The van der Waals surface area contributed by atoms with Crippen LogP contribution in [0, 0.1) is 5.82 Å². The molecule has 0 spiro atoms. The molecule has 0 saturated carbocycles. The fourth-order valence-electron chi connectivity index (χ4n) is 1.25. The molecule has 0 amide bonds.